The SMILES string of the molecule is COC(=O)OC/C=C(\C)c1ccccc1OC. The van der Waals surface area contributed by atoms with Crippen LogP contribution >= 0.6 is 0 Å². The van der Waals surface area contributed by atoms with Crippen LogP contribution < -0.4 is 4.74 Å². The van der Waals surface area contributed by atoms with Crippen LogP contribution in [-0.2, 0) is 9.47 Å². The van der Waals surface area contributed by atoms with Crippen molar-refractivity contribution in [2.45, 2.75) is 6.92 Å². The van der Waals surface area contributed by atoms with Crippen LogP contribution in [0.5, 0.6) is 5.75 Å². The summed E-state index contributed by atoms with van der Waals surface area (Å²) in [7, 11) is 2.90. The molecule has 1 rings (SSSR count). The van der Waals surface area contributed by atoms with E-state index in [1.807, 2.05) is 31.2 Å². The average molecular weight is 236 g/mol. The third-order valence-electron chi connectivity index (χ3n) is 2.29. The fraction of sp³-hybridized carbons (Fsp3) is 0.308. The van der Waals surface area contributed by atoms with Crippen molar-refractivity contribution in [3.63, 3.8) is 0 Å². The zero-order chi connectivity index (χ0) is 12.7. The summed E-state index contributed by atoms with van der Waals surface area (Å²) in [6.07, 6.45) is 1.11. The maximum Gasteiger partial charge on any atom is 0.508 e. The van der Waals surface area contributed by atoms with Crippen LogP contribution in [0.4, 0.5) is 4.79 Å². The Labute approximate surface area is 101 Å². The summed E-state index contributed by atoms with van der Waals surface area (Å²) >= 11 is 0. The molecular weight excluding hydrogens is 220 g/mol. The molecule has 0 aliphatic heterocycles. The number of methoxy groups -OCH3 is 2. The maximum absolute atomic E-state index is 10.8. The van der Waals surface area contributed by atoms with E-state index in [-0.39, 0.29) is 6.61 Å². The Morgan fingerprint density at radius 1 is 1.29 bits per heavy atom. The quantitative estimate of drug-likeness (QED) is 0.754. The van der Waals surface area contributed by atoms with Gasteiger partial charge in [0.05, 0.1) is 14.2 Å². The molecule has 0 saturated carbocycles. The first-order valence-corrected chi connectivity index (χ1v) is 5.20. The summed E-state index contributed by atoms with van der Waals surface area (Å²) in [5.41, 5.74) is 1.95. The van der Waals surface area contributed by atoms with Gasteiger partial charge in [0.25, 0.3) is 0 Å². The summed E-state index contributed by atoms with van der Waals surface area (Å²) < 4.78 is 14.4. The molecule has 0 unspecified atom stereocenters. The third-order valence-corrected chi connectivity index (χ3v) is 2.29. The minimum absolute atomic E-state index is 0.177. The number of para-hydroxylation sites is 1. The number of carbonyl (C=O) groups is 1. The van der Waals surface area contributed by atoms with E-state index in [0.29, 0.717) is 0 Å². The fourth-order valence-electron chi connectivity index (χ4n) is 1.37. The summed E-state index contributed by atoms with van der Waals surface area (Å²) in [6.45, 7) is 2.11. The van der Waals surface area contributed by atoms with E-state index in [0.717, 1.165) is 16.9 Å². The first-order chi connectivity index (χ1) is 8.19. The van der Waals surface area contributed by atoms with Gasteiger partial charge in [-0.1, -0.05) is 18.2 Å². The minimum Gasteiger partial charge on any atom is -0.496 e. The summed E-state index contributed by atoms with van der Waals surface area (Å²) in [6, 6.07) is 7.66. The van der Waals surface area contributed by atoms with Crippen molar-refractivity contribution >= 4 is 11.7 Å². The Morgan fingerprint density at radius 3 is 2.65 bits per heavy atom. The van der Waals surface area contributed by atoms with Crippen molar-refractivity contribution in [3.05, 3.63) is 35.9 Å². The molecule has 0 bridgehead atoms. The summed E-state index contributed by atoms with van der Waals surface area (Å²) in [5, 5.41) is 0. The highest BCUT2D eigenvalue weighted by molar-refractivity contribution is 5.69. The van der Waals surface area contributed by atoms with Gasteiger partial charge in [-0.15, -0.1) is 0 Å². The van der Waals surface area contributed by atoms with Gasteiger partial charge in [0.2, 0.25) is 0 Å². The Kier molecular flexibility index (Phi) is 5.07. The molecule has 1 aromatic carbocycles. The number of hydrogen-bond acceptors (Lipinski definition) is 4. The molecule has 0 aliphatic rings. The van der Waals surface area contributed by atoms with E-state index in [1.54, 1.807) is 13.2 Å². The van der Waals surface area contributed by atoms with Crippen LogP contribution in [0.25, 0.3) is 5.57 Å². The van der Waals surface area contributed by atoms with E-state index in [9.17, 15) is 4.79 Å². The van der Waals surface area contributed by atoms with Gasteiger partial charge in [-0.05, 0) is 24.6 Å². The molecule has 0 amide bonds. The zero-order valence-corrected chi connectivity index (χ0v) is 10.2. The van der Waals surface area contributed by atoms with Crippen molar-refractivity contribution in [1.82, 2.24) is 0 Å². The lowest BCUT2D eigenvalue weighted by Crippen LogP contribution is -2.04. The van der Waals surface area contributed by atoms with E-state index in [1.165, 1.54) is 7.11 Å². The van der Waals surface area contributed by atoms with Crippen LogP contribution in [0.1, 0.15) is 12.5 Å². The predicted octanol–water partition coefficient (Wildman–Crippen LogP) is 2.88. The molecule has 0 spiro atoms. The second kappa shape index (κ2) is 6.58. The highest BCUT2D eigenvalue weighted by Crippen LogP contribution is 2.24. The molecule has 4 heteroatoms. The zero-order valence-electron chi connectivity index (χ0n) is 10.2. The molecule has 0 radical (unpaired) electrons. The van der Waals surface area contributed by atoms with Crippen molar-refractivity contribution < 1.29 is 19.0 Å². The van der Waals surface area contributed by atoms with Crippen LogP contribution in [0, 0.1) is 0 Å². The molecule has 17 heavy (non-hydrogen) atoms. The number of carbonyl (C=O) groups excluding carboxylic acids is 1. The molecule has 4 nitrogen and oxygen atoms in total. The van der Waals surface area contributed by atoms with Gasteiger partial charge in [-0.2, -0.15) is 0 Å². The van der Waals surface area contributed by atoms with Gasteiger partial charge in [0.15, 0.2) is 0 Å². The fourth-order valence-corrected chi connectivity index (χ4v) is 1.37. The van der Waals surface area contributed by atoms with Gasteiger partial charge in [0, 0.05) is 5.56 Å². The Balaban J connectivity index is 2.71. The normalized spacial score (nSPS) is 10.9. The number of ether oxygens (including phenoxy) is 3. The van der Waals surface area contributed by atoms with E-state index >= 15 is 0 Å². The lowest BCUT2D eigenvalue weighted by molar-refractivity contribution is 0.0819. The Hall–Kier alpha value is -1.97. The van der Waals surface area contributed by atoms with E-state index in [4.69, 9.17) is 9.47 Å². The van der Waals surface area contributed by atoms with E-state index in [2.05, 4.69) is 4.74 Å². The van der Waals surface area contributed by atoms with Crippen molar-refractivity contribution in [2.24, 2.45) is 0 Å². The first kappa shape index (κ1) is 13.1. The molecule has 0 fully saturated rings. The molecule has 0 heterocycles. The summed E-state index contributed by atoms with van der Waals surface area (Å²) in [5.74, 6) is 0.791. The molecule has 0 atom stereocenters. The first-order valence-electron chi connectivity index (χ1n) is 5.20. The van der Waals surface area contributed by atoms with E-state index < -0.39 is 6.16 Å². The topological polar surface area (TPSA) is 44.8 Å². The monoisotopic (exact) mass is 236 g/mol. The smallest absolute Gasteiger partial charge is 0.496 e. The van der Waals surface area contributed by atoms with Crippen molar-refractivity contribution in [3.8, 4) is 5.75 Å². The van der Waals surface area contributed by atoms with Crippen LogP contribution in [0.2, 0.25) is 0 Å². The second-order valence-electron chi connectivity index (χ2n) is 3.35. The van der Waals surface area contributed by atoms with Crippen molar-refractivity contribution in [1.29, 1.82) is 0 Å². The van der Waals surface area contributed by atoms with Crippen molar-refractivity contribution in [2.75, 3.05) is 20.8 Å². The number of hydrogen-bond donors (Lipinski definition) is 0. The molecule has 0 N–H and O–H groups in total. The molecular formula is C13H16O4. The lowest BCUT2D eigenvalue weighted by atomic mass is 10.1. The highest BCUT2D eigenvalue weighted by Gasteiger charge is 2.03. The molecule has 0 saturated heterocycles. The molecule has 0 aromatic heterocycles. The standard InChI is InChI=1S/C13H16O4/c1-10(8-9-17-13(14)16-3)11-6-4-5-7-12(11)15-2/h4-8H,9H2,1-3H3/b10-8+. The minimum atomic E-state index is -0.686. The molecule has 1 aromatic rings. The second-order valence-corrected chi connectivity index (χ2v) is 3.35. The number of benzene rings is 1. The highest BCUT2D eigenvalue weighted by atomic mass is 16.7. The molecule has 92 valence electrons. The van der Waals surface area contributed by atoms with Crippen LogP contribution in [-0.4, -0.2) is 27.0 Å². The molecule has 0 aliphatic carbocycles. The Bertz CT molecular complexity index is 410. The third kappa shape index (κ3) is 3.83. The van der Waals surface area contributed by atoms with Gasteiger partial charge in [0.1, 0.15) is 12.4 Å². The van der Waals surface area contributed by atoms with Gasteiger partial charge in [-0.3, -0.25) is 0 Å². The number of rotatable bonds is 4. The van der Waals surface area contributed by atoms with Gasteiger partial charge in [-0.25, -0.2) is 4.79 Å². The van der Waals surface area contributed by atoms with Crippen LogP contribution in [0.3, 0.4) is 0 Å². The summed E-state index contributed by atoms with van der Waals surface area (Å²) in [4.78, 5) is 10.8. The number of allylic oxidation sites excluding steroid dienone is 1. The van der Waals surface area contributed by atoms with Crippen LogP contribution in [0.15, 0.2) is 30.3 Å². The maximum atomic E-state index is 10.8. The largest absolute Gasteiger partial charge is 0.508 e. The predicted molar refractivity (Wildman–Crippen MR) is 65.0 cm³/mol. The Morgan fingerprint density at radius 2 is 2.00 bits per heavy atom. The lowest BCUT2D eigenvalue weighted by Gasteiger charge is -2.08. The van der Waals surface area contributed by atoms with Gasteiger partial charge < -0.3 is 14.2 Å². The van der Waals surface area contributed by atoms with Gasteiger partial charge >= 0.3 is 6.16 Å². The average Bonchev–Trinajstić information content (AvgIpc) is 2.38.